The monoisotopic (exact) mass is 347 g/mol. The summed E-state index contributed by atoms with van der Waals surface area (Å²) in [5.41, 5.74) is 1.62. The van der Waals surface area contributed by atoms with Crippen LogP contribution in [0.2, 0.25) is 0 Å². The van der Waals surface area contributed by atoms with Crippen LogP contribution in [-0.2, 0) is 11.3 Å². The molecular weight excluding hydrogens is 334 g/mol. The fraction of sp³-hybridized carbons (Fsp3) is 0.0556. The molecule has 0 saturated heterocycles. The molecule has 128 valence electrons. The zero-order valence-corrected chi connectivity index (χ0v) is 13.5. The molecule has 0 aliphatic carbocycles. The number of rotatable bonds is 5. The van der Waals surface area contributed by atoms with E-state index in [0.717, 1.165) is 11.3 Å². The number of esters is 1. The van der Waals surface area contributed by atoms with Crippen LogP contribution in [0.5, 0.6) is 0 Å². The van der Waals surface area contributed by atoms with Gasteiger partial charge in [-0.15, -0.1) is 5.10 Å². The summed E-state index contributed by atoms with van der Waals surface area (Å²) < 4.78 is 12.2. The SMILES string of the molecule is O=C(OCc1nnnn1-c1ccccc1)c1ncoc1-c1ccccc1. The molecule has 0 aliphatic rings. The number of nitrogens with zero attached hydrogens (tertiary/aromatic N) is 5. The van der Waals surface area contributed by atoms with Gasteiger partial charge in [0, 0.05) is 5.56 Å². The van der Waals surface area contributed by atoms with Crippen molar-refractivity contribution in [2.45, 2.75) is 6.61 Å². The summed E-state index contributed by atoms with van der Waals surface area (Å²) in [6.45, 7) is -0.0954. The highest BCUT2D eigenvalue weighted by molar-refractivity contribution is 5.93. The maximum Gasteiger partial charge on any atom is 0.361 e. The Morgan fingerprint density at radius 2 is 1.77 bits per heavy atom. The minimum Gasteiger partial charge on any atom is -0.453 e. The van der Waals surface area contributed by atoms with Crippen molar-refractivity contribution in [3.05, 3.63) is 78.6 Å². The van der Waals surface area contributed by atoms with Gasteiger partial charge in [-0.2, -0.15) is 4.68 Å². The molecule has 8 nitrogen and oxygen atoms in total. The van der Waals surface area contributed by atoms with Crippen LogP contribution < -0.4 is 0 Å². The molecular formula is C18H13N5O3. The average Bonchev–Trinajstić information content (AvgIpc) is 3.37. The molecule has 0 spiro atoms. The van der Waals surface area contributed by atoms with E-state index in [9.17, 15) is 4.79 Å². The summed E-state index contributed by atoms with van der Waals surface area (Å²) in [7, 11) is 0. The first-order valence-corrected chi connectivity index (χ1v) is 7.81. The van der Waals surface area contributed by atoms with Gasteiger partial charge in [-0.3, -0.25) is 0 Å². The van der Waals surface area contributed by atoms with Crippen LogP contribution in [0.3, 0.4) is 0 Å². The number of carbonyl (C=O) groups excluding carboxylic acids is 1. The van der Waals surface area contributed by atoms with Crippen LogP contribution in [0.15, 0.2) is 71.5 Å². The topological polar surface area (TPSA) is 95.9 Å². The molecule has 26 heavy (non-hydrogen) atoms. The molecule has 2 heterocycles. The third kappa shape index (κ3) is 3.07. The van der Waals surface area contributed by atoms with Crippen LogP contribution in [0.4, 0.5) is 0 Å². The van der Waals surface area contributed by atoms with E-state index in [4.69, 9.17) is 9.15 Å². The van der Waals surface area contributed by atoms with Gasteiger partial charge in [0.05, 0.1) is 5.69 Å². The molecule has 2 aromatic heterocycles. The van der Waals surface area contributed by atoms with Crippen molar-refractivity contribution in [2.24, 2.45) is 0 Å². The smallest absolute Gasteiger partial charge is 0.361 e. The first-order valence-electron chi connectivity index (χ1n) is 7.81. The summed E-state index contributed by atoms with van der Waals surface area (Å²) in [5.74, 6) is 0.146. The Balaban J connectivity index is 1.52. The summed E-state index contributed by atoms with van der Waals surface area (Å²) in [5, 5.41) is 11.5. The molecule has 0 amide bonds. The summed E-state index contributed by atoms with van der Waals surface area (Å²) in [4.78, 5) is 16.4. The number of para-hydroxylation sites is 1. The fourth-order valence-corrected chi connectivity index (χ4v) is 2.45. The van der Waals surface area contributed by atoms with Crippen molar-refractivity contribution in [2.75, 3.05) is 0 Å². The van der Waals surface area contributed by atoms with E-state index in [-0.39, 0.29) is 12.3 Å². The van der Waals surface area contributed by atoms with Gasteiger partial charge < -0.3 is 9.15 Å². The van der Waals surface area contributed by atoms with E-state index in [0.29, 0.717) is 11.6 Å². The Bertz CT molecular complexity index is 1010. The van der Waals surface area contributed by atoms with E-state index in [2.05, 4.69) is 20.5 Å². The van der Waals surface area contributed by atoms with Crippen LogP contribution >= 0.6 is 0 Å². The molecule has 4 rings (SSSR count). The lowest BCUT2D eigenvalue weighted by Crippen LogP contribution is -2.11. The van der Waals surface area contributed by atoms with Gasteiger partial charge in [-0.1, -0.05) is 48.5 Å². The quantitative estimate of drug-likeness (QED) is 0.512. The highest BCUT2D eigenvalue weighted by Crippen LogP contribution is 2.23. The number of tetrazole rings is 1. The molecule has 0 fully saturated rings. The maximum atomic E-state index is 12.4. The minimum absolute atomic E-state index is 0.0954. The number of ether oxygens (including phenoxy) is 1. The molecule has 4 aromatic rings. The van der Waals surface area contributed by atoms with Crippen LogP contribution in [0, 0.1) is 0 Å². The lowest BCUT2D eigenvalue weighted by atomic mass is 10.1. The molecule has 2 aromatic carbocycles. The second-order valence-corrected chi connectivity index (χ2v) is 5.31. The van der Waals surface area contributed by atoms with Crippen molar-refractivity contribution in [3.8, 4) is 17.0 Å². The van der Waals surface area contributed by atoms with E-state index in [1.807, 2.05) is 60.7 Å². The van der Waals surface area contributed by atoms with Crippen LogP contribution in [0.1, 0.15) is 16.3 Å². The lowest BCUT2D eigenvalue weighted by Gasteiger charge is -2.05. The van der Waals surface area contributed by atoms with Gasteiger partial charge in [-0.05, 0) is 22.6 Å². The predicted octanol–water partition coefficient (Wildman–Crippen LogP) is 2.67. The van der Waals surface area contributed by atoms with Crippen molar-refractivity contribution < 1.29 is 13.9 Å². The Morgan fingerprint density at radius 3 is 2.54 bits per heavy atom. The van der Waals surface area contributed by atoms with Gasteiger partial charge >= 0.3 is 5.97 Å². The Kier molecular flexibility index (Phi) is 4.21. The first-order chi connectivity index (χ1) is 12.8. The number of hydrogen-bond acceptors (Lipinski definition) is 7. The highest BCUT2D eigenvalue weighted by Gasteiger charge is 2.20. The predicted molar refractivity (Wildman–Crippen MR) is 90.2 cm³/mol. The van der Waals surface area contributed by atoms with Crippen molar-refractivity contribution in [1.82, 2.24) is 25.2 Å². The van der Waals surface area contributed by atoms with Gasteiger partial charge in [0.25, 0.3) is 0 Å². The maximum absolute atomic E-state index is 12.4. The van der Waals surface area contributed by atoms with E-state index in [1.165, 1.54) is 11.1 Å². The van der Waals surface area contributed by atoms with Gasteiger partial charge in [-0.25, -0.2) is 9.78 Å². The lowest BCUT2D eigenvalue weighted by molar-refractivity contribution is 0.0453. The third-order valence-electron chi connectivity index (χ3n) is 3.66. The van der Waals surface area contributed by atoms with Crippen molar-refractivity contribution >= 4 is 5.97 Å². The Labute approximate surface area is 148 Å². The summed E-state index contributed by atoms with van der Waals surface area (Å²) in [6.07, 6.45) is 1.22. The zero-order valence-electron chi connectivity index (χ0n) is 13.5. The summed E-state index contributed by atoms with van der Waals surface area (Å²) in [6, 6.07) is 18.6. The van der Waals surface area contributed by atoms with Gasteiger partial charge in [0.1, 0.15) is 0 Å². The first kappa shape index (κ1) is 15.7. The highest BCUT2D eigenvalue weighted by atomic mass is 16.5. The van der Waals surface area contributed by atoms with Gasteiger partial charge in [0.2, 0.25) is 0 Å². The van der Waals surface area contributed by atoms with Crippen LogP contribution in [0.25, 0.3) is 17.0 Å². The molecule has 0 bridgehead atoms. The van der Waals surface area contributed by atoms with E-state index >= 15 is 0 Å². The number of hydrogen-bond donors (Lipinski definition) is 0. The third-order valence-corrected chi connectivity index (χ3v) is 3.66. The molecule has 0 saturated carbocycles. The van der Waals surface area contributed by atoms with Crippen molar-refractivity contribution in [3.63, 3.8) is 0 Å². The fourth-order valence-electron chi connectivity index (χ4n) is 2.45. The molecule has 0 atom stereocenters. The second-order valence-electron chi connectivity index (χ2n) is 5.31. The number of oxazole rings is 1. The molecule has 0 aliphatic heterocycles. The minimum atomic E-state index is -0.611. The molecule has 0 N–H and O–H groups in total. The average molecular weight is 347 g/mol. The zero-order chi connectivity index (χ0) is 17.8. The van der Waals surface area contributed by atoms with E-state index in [1.54, 1.807) is 0 Å². The van der Waals surface area contributed by atoms with Crippen molar-refractivity contribution in [1.29, 1.82) is 0 Å². The molecule has 8 heteroatoms. The largest absolute Gasteiger partial charge is 0.453 e. The van der Waals surface area contributed by atoms with Gasteiger partial charge in [0.15, 0.2) is 30.3 Å². The Hall–Kier alpha value is -3.81. The van der Waals surface area contributed by atoms with Crippen LogP contribution in [-0.4, -0.2) is 31.2 Å². The number of benzene rings is 2. The van der Waals surface area contributed by atoms with E-state index < -0.39 is 5.97 Å². The normalized spacial score (nSPS) is 10.6. The summed E-state index contributed by atoms with van der Waals surface area (Å²) >= 11 is 0. The molecule has 0 unspecified atom stereocenters. The molecule has 0 radical (unpaired) electrons. The number of carbonyl (C=O) groups is 1. The Morgan fingerprint density at radius 1 is 1.04 bits per heavy atom. The number of aromatic nitrogens is 5. The standard InChI is InChI=1S/C18H13N5O3/c24-18(16-17(26-12-19-16)13-7-3-1-4-8-13)25-11-15-20-21-22-23(15)14-9-5-2-6-10-14/h1-10,12H,11H2. The second kappa shape index (κ2) is 6.98.